The molecule has 1 fully saturated rings. The molecule has 7 atom stereocenters. The van der Waals surface area contributed by atoms with E-state index < -0.39 is 84.5 Å². The number of carbonyl (C=O) groups is 7. The van der Waals surface area contributed by atoms with Crippen molar-refractivity contribution < 1.29 is 66.7 Å². The standard InChI is InChI=1S/C21H28O14/c1-8-15(22)30-10(3)17(24)32-12(5)19(26)34-14(7)21(28)35-13(6)20(27)33-11(4)18(25)31-9(2)16(23)29-8/h8-14H,1-7H3. The van der Waals surface area contributed by atoms with Gasteiger partial charge in [0.05, 0.1) is 0 Å². The van der Waals surface area contributed by atoms with E-state index in [-0.39, 0.29) is 0 Å². The number of cyclic esters (lactones) is 7. The van der Waals surface area contributed by atoms with E-state index in [2.05, 4.69) is 0 Å². The number of hydrogen-bond donors (Lipinski definition) is 0. The van der Waals surface area contributed by atoms with Crippen LogP contribution < -0.4 is 0 Å². The minimum absolute atomic E-state index is 1.13. The zero-order chi connectivity index (χ0) is 27.0. The highest BCUT2D eigenvalue weighted by Crippen LogP contribution is 2.10. The molecule has 0 aliphatic carbocycles. The molecule has 0 N–H and O–H groups in total. The van der Waals surface area contributed by atoms with E-state index in [1.165, 1.54) is 0 Å². The zero-order valence-corrected chi connectivity index (χ0v) is 20.3. The first kappa shape index (κ1) is 29.3. The molecule has 0 amide bonds. The van der Waals surface area contributed by atoms with Crippen LogP contribution in [-0.4, -0.2) is 84.5 Å². The summed E-state index contributed by atoms with van der Waals surface area (Å²) in [6.07, 6.45) is -10.5. The maximum atomic E-state index is 12.1. The first-order valence-corrected chi connectivity index (χ1v) is 10.6. The Bertz CT molecular complexity index is 668. The van der Waals surface area contributed by atoms with Gasteiger partial charge < -0.3 is 33.2 Å². The van der Waals surface area contributed by atoms with Gasteiger partial charge >= 0.3 is 41.8 Å². The zero-order valence-electron chi connectivity index (χ0n) is 20.3. The molecule has 1 aliphatic heterocycles. The Labute approximate surface area is 200 Å². The molecule has 35 heavy (non-hydrogen) atoms. The third-order valence-corrected chi connectivity index (χ3v) is 4.37. The first-order chi connectivity index (χ1) is 16.1. The van der Waals surface area contributed by atoms with Crippen LogP contribution in [0, 0.1) is 0 Å². The van der Waals surface area contributed by atoms with Crippen LogP contribution in [0.1, 0.15) is 48.5 Å². The van der Waals surface area contributed by atoms with E-state index in [4.69, 9.17) is 33.2 Å². The SMILES string of the molecule is CC1OC(=O)C(C)OC(=O)C(C)OC(=O)C(C)OC(=O)C(C)OC(=O)C(C)OC(=O)C(C)OC1=O. The molecule has 196 valence electrons. The summed E-state index contributed by atoms with van der Waals surface area (Å²) in [4.78, 5) is 84.9. The Morgan fingerprint density at radius 1 is 0.286 bits per heavy atom. The normalized spacial score (nSPS) is 33.0. The monoisotopic (exact) mass is 504 g/mol. The second kappa shape index (κ2) is 12.7. The molecule has 1 aliphatic rings. The molecule has 1 rings (SSSR count). The van der Waals surface area contributed by atoms with Crippen molar-refractivity contribution in [3.63, 3.8) is 0 Å². The summed E-state index contributed by atoms with van der Waals surface area (Å²) in [5.74, 6) is -7.91. The molecular formula is C21H28O14. The van der Waals surface area contributed by atoms with Crippen molar-refractivity contribution in [2.75, 3.05) is 0 Å². The fourth-order valence-electron chi connectivity index (χ4n) is 2.23. The van der Waals surface area contributed by atoms with Gasteiger partial charge in [-0.2, -0.15) is 0 Å². The van der Waals surface area contributed by atoms with Gasteiger partial charge in [-0.3, -0.25) is 0 Å². The summed E-state index contributed by atoms with van der Waals surface area (Å²) in [7, 11) is 0. The van der Waals surface area contributed by atoms with E-state index in [0.717, 1.165) is 48.5 Å². The Morgan fingerprint density at radius 3 is 0.457 bits per heavy atom. The van der Waals surface area contributed by atoms with Crippen LogP contribution in [0.15, 0.2) is 0 Å². The maximum absolute atomic E-state index is 12.1. The smallest absolute Gasteiger partial charge is 0.347 e. The van der Waals surface area contributed by atoms with Crippen molar-refractivity contribution in [2.24, 2.45) is 0 Å². The molecule has 1 saturated heterocycles. The summed E-state index contributed by atoms with van der Waals surface area (Å²) >= 11 is 0. The van der Waals surface area contributed by atoms with Crippen LogP contribution in [0.4, 0.5) is 0 Å². The highest BCUT2D eigenvalue weighted by molar-refractivity contribution is 5.88. The van der Waals surface area contributed by atoms with Gasteiger partial charge in [0.1, 0.15) is 0 Å². The van der Waals surface area contributed by atoms with Crippen molar-refractivity contribution in [1.29, 1.82) is 0 Å². The van der Waals surface area contributed by atoms with Crippen LogP contribution in [-0.2, 0) is 66.7 Å². The van der Waals surface area contributed by atoms with Crippen molar-refractivity contribution in [3.8, 4) is 0 Å². The van der Waals surface area contributed by atoms with Gasteiger partial charge in [-0.1, -0.05) is 0 Å². The fourth-order valence-corrected chi connectivity index (χ4v) is 2.23. The van der Waals surface area contributed by atoms with Gasteiger partial charge in [-0.05, 0) is 48.5 Å². The molecule has 0 bridgehead atoms. The van der Waals surface area contributed by atoms with Crippen molar-refractivity contribution in [1.82, 2.24) is 0 Å². The van der Waals surface area contributed by atoms with E-state index in [1.54, 1.807) is 0 Å². The molecule has 14 heteroatoms. The third kappa shape index (κ3) is 8.87. The largest absolute Gasteiger partial charge is 0.448 e. The Morgan fingerprint density at radius 2 is 0.371 bits per heavy atom. The van der Waals surface area contributed by atoms with Crippen molar-refractivity contribution >= 4 is 41.8 Å². The van der Waals surface area contributed by atoms with Gasteiger partial charge in [0.2, 0.25) is 0 Å². The number of esters is 7. The summed E-state index contributed by atoms with van der Waals surface area (Å²) in [5.41, 5.74) is 0. The molecular weight excluding hydrogens is 476 g/mol. The van der Waals surface area contributed by atoms with Gasteiger partial charge in [-0.15, -0.1) is 0 Å². The molecule has 0 aromatic rings. The highest BCUT2D eigenvalue weighted by Gasteiger charge is 2.34. The number of carbonyl (C=O) groups excluding carboxylic acids is 7. The maximum Gasteiger partial charge on any atom is 0.347 e. The molecule has 0 aromatic heterocycles. The lowest BCUT2D eigenvalue weighted by Gasteiger charge is -2.20. The van der Waals surface area contributed by atoms with Gasteiger partial charge in [0.25, 0.3) is 0 Å². The van der Waals surface area contributed by atoms with Crippen LogP contribution in [0.3, 0.4) is 0 Å². The molecule has 7 unspecified atom stereocenters. The quantitative estimate of drug-likeness (QED) is 0.304. The molecule has 0 radical (unpaired) electrons. The molecule has 0 aromatic carbocycles. The predicted octanol–water partition coefficient (Wildman–Crippen LogP) is -0.478. The van der Waals surface area contributed by atoms with Gasteiger partial charge in [0.15, 0.2) is 42.7 Å². The highest BCUT2D eigenvalue weighted by atomic mass is 16.7. The number of hydrogen-bond acceptors (Lipinski definition) is 14. The first-order valence-electron chi connectivity index (χ1n) is 10.6. The van der Waals surface area contributed by atoms with Crippen LogP contribution in [0.25, 0.3) is 0 Å². The van der Waals surface area contributed by atoms with Crippen LogP contribution in [0.5, 0.6) is 0 Å². The molecule has 0 saturated carbocycles. The van der Waals surface area contributed by atoms with E-state index in [9.17, 15) is 33.6 Å². The summed E-state index contributed by atoms with van der Waals surface area (Å²) in [6, 6.07) is 0. The van der Waals surface area contributed by atoms with E-state index >= 15 is 0 Å². The summed E-state index contributed by atoms with van der Waals surface area (Å²) in [6.45, 7) is 8.02. The number of ether oxygens (including phenoxy) is 7. The van der Waals surface area contributed by atoms with Crippen molar-refractivity contribution in [3.05, 3.63) is 0 Å². The average Bonchev–Trinajstić information content (AvgIpc) is 2.77. The lowest BCUT2D eigenvalue weighted by atomic mass is 10.3. The van der Waals surface area contributed by atoms with E-state index in [0.29, 0.717) is 0 Å². The lowest BCUT2D eigenvalue weighted by molar-refractivity contribution is -0.187. The van der Waals surface area contributed by atoms with Gasteiger partial charge in [-0.25, -0.2) is 33.6 Å². The minimum atomic E-state index is -1.50. The Balaban J connectivity index is 3.09. The molecule has 0 spiro atoms. The minimum Gasteiger partial charge on any atom is -0.448 e. The molecule has 1 heterocycles. The fraction of sp³-hybridized carbons (Fsp3) is 0.667. The summed E-state index contributed by atoms with van der Waals surface area (Å²) < 4.78 is 34.0. The Kier molecular flexibility index (Phi) is 10.6. The van der Waals surface area contributed by atoms with Crippen LogP contribution >= 0.6 is 0 Å². The topological polar surface area (TPSA) is 184 Å². The molecule has 14 nitrogen and oxygen atoms in total. The van der Waals surface area contributed by atoms with E-state index in [1.807, 2.05) is 0 Å². The third-order valence-electron chi connectivity index (χ3n) is 4.37. The average molecular weight is 504 g/mol. The lowest BCUT2D eigenvalue weighted by Crippen LogP contribution is -2.38. The van der Waals surface area contributed by atoms with Gasteiger partial charge in [0, 0.05) is 0 Å². The number of rotatable bonds is 0. The van der Waals surface area contributed by atoms with Crippen molar-refractivity contribution in [2.45, 2.75) is 91.2 Å². The second-order valence-electron chi connectivity index (χ2n) is 7.55. The second-order valence-corrected chi connectivity index (χ2v) is 7.55. The predicted molar refractivity (Wildman–Crippen MR) is 109 cm³/mol. The Hall–Kier alpha value is -3.71. The van der Waals surface area contributed by atoms with Crippen LogP contribution in [0.2, 0.25) is 0 Å². The summed E-state index contributed by atoms with van der Waals surface area (Å²) in [5, 5.41) is 0.